The van der Waals surface area contributed by atoms with E-state index in [2.05, 4.69) is 4.98 Å². The molecule has 0 saturated carbocycles. The van der Waals surface area contributed by atoms with E-state index in [-0.39, 0.29) is 13.0 Å². The smallest absolute Gasteiger partial charge is 0.330 e. The van der Waals surface area contributed by atoms with Crippen LogP contribution in [0.4, 0.5) is 0 Å². The largest absolute Gasteiger partial charge is 0.393 e. The molecule has 1 saturated heterocycles. The Hall–Kier alpha value is -3.82. The SMILES string of the molecule is O=c1ccn([C@H]2C[C@H](O)[C@@](CO)(COC(c3ccccc3)(c3ccccc3)c3ccccc3)O2)c(=O)[nH]1. The topological polar surface area (TPSA) is 114 Å². The van der Waals surface area contributed by atoms with Gasteiger partial charge in [-0.2, -0.15) is 0 Å². The molecule has 3 N–H and O–H groups in total. The molecule has 0 radical (unpaired) electrons. The molecule has 3 aromatic carbocycles. The highest BCUT2D eigenvalue weighted by atomic mass is 16.6. The maximum absolute atomic E-state index is 12.4. The highest BCUT2D eigenvalue weighted by molar-refractivity contribution is 5.47. The van der Waals surface area contributed by atoms with Crippen molar-refractivity contribution in [2.75, 3.05) is 13.2 Å². The fourth-order valence-corrected chi connectivity index (χ4v) is 4.95. The zero-order valence-electron chi connectivity index (χ0n) is 20.1. The third-order valence-corrected chi connectivity index (χ3v) is 6.91. The summed E-state index contributed by atoms with van der Waals surface area (Å²) >= 11 is 0. The van der Waals surface area contributed by atoms with E-state index in [1.807, 2.05) is 91.0 Å². The number of hydrogen-bond acceptors (Lipinski definition) is 6. The lowest BCUT2D eigenvalue weighted by Crippen LogP contribution is -2.50. The number of aliphatic hydroxyl groups is 2. The van der Waals surface area contributed by atoms with E-state index in [1.54, 1.807) is 0 Å². The van der Waals surface area contributed by atoms with Gasteiger partial charge in [0, 0.05) is 18.7 Å². The van der Waals surface area contributed by atoms with Gasteiger partial charge >= 0.3 is 5.69 Å². The standard InChI is InChI=1S/C29H28N2O6/c32-19-28(24(33)18-26(37-28)31-17-16-25(34)30-27(31)35)20-36-29(21-10-4-1-5-11-21,22-12-6-2-7-13-22)23-14-8-3-9-15-23/h1-17,24,26,32-33H,18-20H2,(H,30,34,35)/t24-,26+,28+/m0/s1. The molecule has 190 valence electrons. The number of aliphatic hydroxyl groups excluding tert-OH is 2. The van der Waals surface area contributed by atoms with Crippen LogP contribution in [0.25, 0.3) is 0 Å². The molecule has 1 aromatic heterocycles. The first-order valence-electron chi connectivity index (χ1n) is 12.1. The minimum atomic E-state index is -1.51. The summed E-state index contributed by atoms with van der Waals surface area (Å²) < 4.78 is 14.1. The second-order valence-electron chi connectivity index (χ2n) is 9.13. The Balaban J connectivity index is 1.57. The third kappa shape index (κ3) is 4.56. The molecule has 8 heteroatoms. The van der Waals surface area contributed by atoms with Crippen LogP contribution in [0.15, 0.2) is 113 Å². The van der Waals surface area contributed by atoms with Gasteiger partial charge in [-0.25, -0.2) is 4.79 Å². The lowest BCUT2D eigenvalue weighted by atomic mass is 9.80. The van der Waals surface area contributed by atoms with Crippen molar-refractivity contribution in [3.63, 3.8) is 0 Å². The Morgan fingerprint density at radius 3 is 1.86 bits per heavy atom. The van der Waals surface area contributed by atoms with Crippen molar-refractivity contribution in [1.29, 1.82) is 0 Å². The minimum Gasteiger partial charge on any atom is -0.393 e. The maximum Gasteiger partial charge on any atom is 0.330 e. The van der Waals surface area contributed by atoms with Gasteiger partial charge in [-0.15, -0.1) is 0 Å². The van der Waals surface area contributed by atoms with Crippen molar-refractivity contribution in [2.45, 2.75) is 30.0 Å². The van der Waals surface area contributed by atoms with Crippen LogP contribution in [-0.4, -0.2) is 44.7 Å². The molecular weight excluding hydrogens is 472 g/mol. The molecule has 2 heterocycles. The first-order chi connectivity index (χ1) is 18.0. The van der Waals surface area contributed by atoms with E-state index in [9.17, 15) is 19.8 Å². The number of rotatable bonds is 8. The summed E-state index contributed by atoms with van der Waals surface area (Å²) in [6.45, 7) is -0.727. The van der Waals surface area contributed by atoms with Gasteiger partial charge in [0.2, 0.25) is 0 Å². The van der Waals surface area contributed by atoms with Crippen molar-refractivity contribution >= 4 is 0 Å². The molecule has 0 amide bonds. The molecule has 1 aliphatic rings. The molecule has 4 aromatic rings. The van der Waals surface area contributed by atoms with Gasteiger partial charge in [0.05, 0.1) is 19.3 Å². The normalized spacial score (nSPS) is 21.7. The predicted molar refractivity (Wildman–Crippen MR) is 137 cm³/mol. The van der Waals surface area contributed by atoms with Crippen LogP contribution >= 0.6 is 0 Å². The average Bonchev–Trinajstić information content (AvgIpc) is 3.27. The number of nitrogens with one attached hydrogen (secondary N) is 1. The van der Waals surface area contributed by atoms with Gasteiger partial charge in [0.15, 0.2) is 0 Å². The van der Waals surface area contributed by atoms with E-state index >= 15 is 0 Å². The summed E-state index contributed by atoms with van der Waals surface area (Å²) in [5.41, 5.74) is -1.20. The van der Waals surface area contributed by atoms with Crippen molar-refractivity contribution in [1.82, 2.24) is 9.55 Å². The molecule has 8 nitrogen and oxygen atoms in total. The summed E-state index contributed by atoms with van der Waals surface area (Å²) in [6, 6.07) is 30.4. The van der Waals surface area contributed by atoms with Gasteiger partial charge in [-0.1, -0.05) is 91.0 Å². The number of aromatic amines is 1. The molecule has 0 bridgehead atoms. The predicted octanol–water partition coefficient (Wildman–Crippen LogP) is 2.56. The fourth-order valence-electron chi connectivity index (χ4n) is 4.95. The van der Waals surface area contributed by atoms with E-state index in [0.29, 0.717) is 0 Å². The zero-order valence-corrected chi connectivity index (χ0v) is 20.1. The maximum atomic E-state index is 12.4. The quantitative estimate of drug-likeness (QED) is 0.321. The molecular formula is C29H28N2O6. The lowest BCUT2D eigenvalue weighted by molar-refractivity contribution is -0.178. The Morgan fingerprint density at radius 2 is 1.41 bits per heavy atom. The van der Waals surface area contributed by atoms with Gasteiger partial charge in [-0.05, 0) is 16.7 Å². The number of H-pyrrole nitrogens is 1. The number of aromatic nitrogens is 2. The van der Waals surface area contributed by atoms with E-state index in [0.717, 1.165) is 16.7 Å². The summed E-state index contributed by atoms with van der Waals surface area (Å²) in [5, 5.41) is 21.5. The Labute approximate surface area is 213 Å². The molecule has 1 aliphatic heterocycles. The summed E-state index contributed by atoms with van der Waals surface area (Å²) in [7, 11) is 0. The van der Waals surface area contributed by atoms with E-state index < -0.39 is 41.4 Å². The van der Waals surface area contributed by atoms with Crippen LogP contribution in [0.3, 0.4) is 0 Å². The minimum absolute atomic E-state index is 0.0326. The first kappa shape index (κ1) is 24.9. The van der Waals surface area contributed by atoms with Crippen molar-refractivity contribution in [3.05, 3.63) is 141 Å². The summed E-state index contributed by atoms with van der Waals surface area (Å²) in [4.78, 5) is 26.1. The van der Waals surface area contributed by atoms with Gasteiger partial charge in [-0.3, -0.25) is 14.3 Å². The first-order valence-corrected chi connectivity index (χ1v) is 12.1. The highest BCUT2D eigenvalue weighted by Gasteiger charge is 2.51. The van der Waals surface area contributed by atoms with Crippen LogP contribution in [0.5, 0.6) is 0 Å². The zero-order chi connectivity index (χ0) is 25.9. The molecule has 5 rings (SSSR count). The molecule has 0 spiro atoms. The molecule has 1 fully saturated rings. The van der Waals surface area contributed by atoms with Crippen LogP contribution in [-0.2, 0) is 15.1 Å². The summed E-state index contributed by atoms with van der Waals surface area (Å²) in [6.07, 6.45) is -0.684. The van der Waals surface area contributed by atoms with Gasteiger partial charge in [0.1, 0.15) is 17.4 Å². The Bertz CT molecular complexity index is 1340. The molecule has 37 heavy (non-hydrogen) atoms. The van der Waals surface area contributed by atoms with Crippen LogP contribution in [0, 0.1) is 0 Å². The Morgan fingerprint density at radius 1 is 0.892 bits per heavy atom. The van der Waals surface area contributed by atoms with Crippen molar-refractivity contribution < 1.29 is 19.7 Å². The third-order valence-electron chi connectivity index (χ3n) is 6.91. The monoisotopic (exact) mass is 500 g/mol. The van der Waals surface area contributed by atoms with Crippen LogP contribution in [0.1, 0.15) is 29.3 Å². The number of hydrogen-bond donors (Lipinski definition) is 3. The number of ether oxygens (including phenoxy) is 2. The highest BCUT2D eigenvalue weighted by Crippen LogP contribution is 2.43. The summed E-state index contributed by atoms with van der Waals surface area (Å²) in [5.74, 6) is 0. The molecule has 0 unspecified atom stereocenters. The lowest BCUT2D eigenvalue weighted by Gasteiger charge is -2.40. The second kappa shape index (κ2) is 10.3. The second-order valence-corrected chi connectivity index (χ2v) is 9.13. The number of nitrogens with zero attached hydrogens (tertiary/aromatic N) is 1. The average molecular weight is 501 g/mol. The van der Waals surface area contributed by atoms with Gasteiger partial charge in [0.25, 0.3) is 5.56 Å². The van der Waals surface area contributed by atoms with E-state index in [1.165, 1.54) is 16.8 Å². The van der Waals surface area contributed by atoms with Crippen molar-refractivity contribution in [3.8, 4) is 0 Å². The van der Waals surface area contributed by atoms with Crippen LogP contribution in [0.2, 0.25) is 0 Å². The van der Waals surface area contributed by atoms with E-state index in [4.69, 9.17) is 9.47 Å². The fraction of sp³-hybridized carbons (Fsp3) is 0.241. The molecule has 3 atom stereocenters. The van der Waals surface area contributed by atoms with Crippen LogP contribution < -0.4 is 11.2 Å². The Kier molecular flexibility index (Phi) is 6.90. The van der Waals surface area contributed by atoms with Crippen molar-refractivity contribution in [2.24, 2.45) is 0 Å². The molecule has 0 aliphatic carbocycles. The van der Waals surface area contributed by atoms with Gasteiger partial charge < -0.3 is 19.7 Å². The number of benzene rings is 3.